The van der Waals surface area contributed by atoms with Crippen LogP contribution in [-0.2, 0) is 13.1 Å². The number of nitrogens with one attached hydrogen (secondary N) is 1. The van der Waals surface area contributed by atoms with E-state index in [1.807, 2.05) is 10.9 Å². The number of terminal acetylenes is 1. The van der Waals surface area contributed by atoms with Gasteiger partial charge in [0.1, 0.15) is 0 Å². The van der Waals surface area contributed by atoms with E-state index in [1.165, 1.54) is 0 Å². The van der Waals surface area contributed by atoms with Gasteiger partial charge in [0.05, 0.1) is 18.8 Å². The van der Waals surface area contributed by atoms with E-state index >= 15 is 0 Å². The zero-order valence-corrected chi connectivity index (χ0v) is 12.1. The van der Waals surface area contributed by atoms with Gasteiger partial charge in [-0.1, -0.05) is 25.0 Å². The second-order valence-corrected chi connectivity index (χ2v) is 4.63. The van der Waals surface area contributed by atoms with Crippen LogP contribution in [0.15, 0.2) is 6.20 Å². The van der Waals surface area contributed by atoms with Gasteiger partial charge in [-0.3, -0.25) is 9.58 Å². The van der Waals surface area contributed by atoms with Gasteiger partial charge in [-0.25, -0.2) is 0 Å². The van der Waals surface area contributed by atoms with Crippen molar-refractivity contribution in [3.05, 3.63) is 11.9 Å². The number of hydrogen-bond acceptors (Lipinski definition) is 4. The average Bonchev–Trinajstić information content (AvgIpc) is 2.85. The minimum atomic E-state index is 0.702. The molecule has 1 N–H and O–H groups in total. The molecule has 0 radical (unpaired) electrons. The summed E-state index contributed by atoms with van der Waals surface area (Å²) in [7, 11) is 0. The molecule has 5 nitrogen and oxygen atoms in total. The summed E-state index contributed by atoms with van der Waals surface area (Å²) in [6.45, 7) is 9.60. The lowest BCUT2D eigenvalue weighted by atomic mass is 10.4. The molecule has 0 bridgehead atoms. The summed E-state index contributed by atoms with van der Waals surface area (Å²) in [5.74, 6) is 2.70. The van der Waals surface area contributed by atoms with Gasteiger partial charge in [0.25, 0.3) is 0 Å². The first-order valence-corrected chi connectivity index (χ1v) is 7.05. The van der Waals surface area contributed by atoms with Gasteiger partial charge >= 0.3 is 0 Å². The molecular formula is C14H25N5. The highest BCUT2D eigenvalue weighted by Gasteiger charge is 2.04. The van der Waals surface area contributed by atoms with Crippen LogP contribution in [0.3, 0.4) is 0 Å². The van der Waals surface area contributed by atoms with Crippen LogP contribution >= 0.6 is 0 Å². The minimum Gasteiger partial charge on any atom is -0.311 e. The normalized spacial score (nSPS) is 10.8. The van der Waals surface area contributed by atoms with E-state index in [2.05, 4.69) is 40.3 Å². The van der Waals surface area contributed by atoms with Crippen molar-refractivity contribution in [1.29, 1.82) is 0 Å². The Hall–Kier alpha value is -1.38. The van der Waals surface area contributed by atoms with E-state index < -0.39 is 0 Å². The third kappa shape index (κ3) is 6.37. The van der Waals surface area contributed by atoms with Crippen LogP contribution in [0.2, 0.25) is 0 Å². The monoisotopic (exact) mass is 263 g/mol. The van der Waals surface area contributed by atoms with Crippen LogP contribution in [0, 0.1) is 12.3 Å². The van der Waals surface area contributed by atoms with Gasteiger partial charge in [-0.15, -0.1) is 11.5 Å². The van der Waals surface area contributed by atoms with Crippen LogP contribution in [0.25, 0.3) is 0 Å². The zero-order chi connectivity index (χ0) is 13.9. The lowest BCUT2D eigenvalue weighted by molar-refractivity contribution is 0.287. The first-order chi connectivity index (χ1) is 9.30. The largest absolute Gasteiger partial charge is 0.311 e. The maximum absolute atomic E-state index is 5.37. The predicted octanol–water partition coefficient (Wildman–Crippen LogP) is 1.12. The van der Waals surface area contributed by atoms with Gasteiger partial charge in [0.2, 0.25) is 0 Å². The zero-order valence-electron chi connectivity index (χ0n) is 12.1. The first kappa shape index (κ1) is 15.7. The smallest absolute Gasteiger partial charge is 0.0964 e. The Morgan fingerprint density at radius 3 is 2.89 bits per heavy atom. The van der Waals surface area contributed by atoms with Crippen molar-refractivity contribution in [3.63, 3.8) is 0 Å². The van der Waals surface area contributed by atoms with Gasteiger partial charge in [-0.05, 0) is 25.9 Å². The van der Waals surface area contributed by atoms with Crippen molar-refractivity contribution in [2.75, 3.05) is 26.2 Å². The molecule has 0 atom stereocenters. The van der Waals surface area contributed by atoms with Gasteiger partial charge in [0.15, 0.2) is 0 Å². The highest BCUT2D eigenvalue weighted by atomic mass is 15.4. The van der Waals surface area contributed by atoms with Crippen molar-refractivity contribution in [1.82, 2.24) is 25.2 Å². The standard InChI is InChI=1S/C14H25N5/c1-4-7-15-12-14-13-19(17-16-14)11-10-18(8-5-2)9-6-3/h2,13,15H,4,6-12H2,1,3H3. The van der Waals surface area contributed by atoms with E-state index in [0.717, 1.165) is 51.3 Å². The Balaban J connectivity index is 2.34. The van der Waals surface area contributed by atoms with Gasteiger partial charge in [-0.2, -0.15) is 0 Å². The molecule has 0 spiro atoms. The van der Waals surface area contributed by atoms with Crippen molar-refractivity contribution in [2.45, 2.75) is 39.8 Å². The molecule has 5 heteroatoms. The maximum atomic E-state index is 5.37. The van der Waals surface area contributed by atoms with E-state index in [9.17, 15) is 0 Å². The summed E-state index contributed by atoms with van der Waals surface area (Å²) in [5, 5.41) is 11.6. The molecule has 0 unspecified atom stereocenters. The second kappa shape index (κ2) is 9.54. The number of nitrogens with zero attached hydrogens (tertiary/aromatic N) is 4. The average molecular weight is 263 g/mol. The molecule has 0 aliphatic rings. The third-order valence-corrected chi connectivity index (χ3v) is 2.82. The molecule has 19 heavy (non-hydrogen) atoms. The van der Waals surface area contributed by atoms with Crippen LogP contribution in [0.4, 0.5) is 0 Å². The molecule has 0 saturated carbocycles. The molecule has 106 valence electrons. The summed E-state index contributed by atoms with van der Waals surface area (Å²) in [5.41, 5.74) is 0.993. The Bertz CT molecular complexity index is 379. The molecule has 0 aromatic carbocycles. The van der Waals surface area contributed by atoms with Crippen molar-refractivity contribution < 1.29 is 0 Å². The Morgan fingerprint density at radius 2 is 2.21 bits per heavy atom. The molecule has 1 aromatic rings. The van der Waals surface area contributed by atoms with Crippen LogP contribution in [0.5, 0.6) is 0 Å². The third-order valence-electron chi connectivity index (χ3n) is 2.82. The predicted molar refractivity (Wildman–Crippen MR) is 77.6 cm³/mol. The maximum Gasteiger partial charge on any atom is 0.0964 e. The Labute approximate surface area is 116 Å². The summed E-state index contributed by atoms with van der Waals surface area (Å²) in [6, 6.07) is 0. The van der Waals surface area contributed by atoms with Gasteiger partial charge < -0.3 is 5.32 Å². The highest BCUT2D eigenvalue weighted by molar-refractivity contribution is 4.92. The molecule has 0 fully saturated rings. The molecule has 1 heterocycles. The Morgan fingerprint density at radius 1 is 1.37 bits per heavy atom. The molecular weight excluding hydrogens is 238 g/mol. The molecule has 1 aromatic heterocycles. The van der Waals surface area contributed by atoms with Crippen molar-refractivity contribution in [2.24, 2.45) is 0 Å². The van der Waals surface area contributed by atoms with E-state index in [1.54, 1.807) is 0 Å². The minimum absolute atomic E-state index is 0.702. The van der Waals surface area contributed by atoms with E-state index in [-0.39, 0.29) is 0 Å². The molecule has 0 aliphatic carbocycles. The van der Waals surface area contributed by atoms with E-state index in [4.69, 9.17) is 6.42 Å². The molecule has 1 rings (SSSR count). The first-order valence-electron chi connectivity index (χ1n) is 7.05. The topological polar surface area (TPSA) is 46.0 Å². The van der Waals surface area contributed by atoms with Crippen LogP contribution in [-0.4, -0.2) is 46.1 Å². The molecule has 0 saturated heterocycles. The fourth-order valence-corrected chi connectivity index (χ4v) is 1.88. The quantitative estimate of drug-likeness (QED) is 0.508. The number of hydrogen-bond donors (Lipinski definition) is 1. The summed E-state index contributed by atoms with van der Waals surface area (Å²) >= 11 is 0. The van der Waals surface area contributed by atoms with Crippen molar-refractivity contribution in [3.8, 4) is 12.3 Å². The number of aromatic nitrogens is 3. The van der Waals surface area contributed by atoms with E-state index in [0.29, 0.717) is 6.54 Å². The summed E-state index contributed by atoms with van der Waals surface area (Å²) in [4.78, 5) is 2.26. The Kier molecular flexibility index (Phi) is 7.87. The molecule has 0 aliphatic heterocycles. The summed E-state index contributed by atoms with van der Waals surface area (Å²) < 4.78 is 1.89. The fourth-order valence-electron chi connectivity index (χ4n) is 1.88. The highest BCUT2D eigenvalue weighted by Crippen LogP contribution is 1.96. The lowest BCUT2D eigenvalue weighted by Gasteiger charge is -2.18. The number of rotatable bonds is 10. The molecule has 0 amide bonds. The second-order valence-electron chi connectivity index (χ2n) is 4.63. The van der Waals surface area contributed by atoms with Crippen LogP contribution in [0.1, 0.15) is 32.4 Å². The lowest BCUT2D eigenvalue weighted by Crippen LogP contribution is -2.29. The van der Waals surface area contributed by atoms with Crippen molar-refractivity contribution >= 4 is 0 Å². The SMILES string of the molecule is C#CCN(CCC)CCn1cc(CNCCC)nn1. The fraction of sp³-hybridized carbons (Fsp3) is 0.714. The summed E-state index contributed by atoms with van der Waals surface area (Å²) in [6.07, 6.45) is 9.62. The van der Waals surface area contributed by atoms with Crippen LogP contribution < -0.4 is 5.32 Å². The van der Waals surface area contributed by atoms with Gasteiger partial charge in [0, 0.05) is 19.3 Å².